The third-order valence-corrected chi connectivity index (χ3v) is 4.43. The molecule has 0 aromatic carbocycles. The highest BCUT2D eigenvalue weighted by Crippen LogP contribution is 2.18. The third kappa shape index (κ3) is 4.11. The Morgan fingerprint density at radius 3 is 3.00 bits per heavy atom. The lowest BCUT2D eigenvalue weighted by Crippen LogP contribution is -2.50. The molecule has 108 valence electrons. The van der Waals surface area contributed by atoms with Crippen LogP contribution in [0.3, 0.4) is 0 Å². The molecular weight excluding hydrogens is 262 g/mol. The predicted molar refractivity (Wildman–Crippen MR) is 78.6 cm³/mol. The topological polar surface area (TPSA) is 53.9 Å². The Labute approximate surface area is 119 Å². The highest BCUT2D eigenvalue weighted by molar-refractivity contribution is 8.13. The quantitative estimate of drug-likeness (QED) is 0.843. The first-order valence-corrected chi connectivity index (χ1v) is 8.03. The minimum absolute atomic E-state index is 0.144. The Kier molecular flexibility index (Phi) is 5.51. The summed E-state index contributed by atoms with van der Waals surface area (Å²) in [7, 11) is 0. The second-order valence-electron chi connectivity index (χ2n) is 4.94. The van der Waals surface area contributed by atoms with Gasteiger partial charge >= 0.3 is 0 Å². The zero-order valence-electron chi connectivity index (χ0n) is 11.7. The first-order chi connectivity index (χ1) is 9.20. The summed E-state index contributed by atoms with van der Waals surface area (Å²) in [5, 5.41) is 4.18. The van der Waals surface area contributed by atoms with Gasteiger partial charge in [0, 0.05) is 18.8 Å². The molecule has 0 bridgehead atoms. The number of hydrogen-bond donors (Lipinski definition) is 1. The molecule has 1 saturated heterocycles. The van der Waals surface area contributed by atoms with Crippen molar-refractivity contribution in [2.45, 2.75) is 38.8 Å². The van der Waals surface area contributed by atoms with Crippen molar-refractivity contribution in [3.63, 3.8) is 0 Å². The van der Waals surface area contributed by atoms with Crippen molar-refractivity contribution in [3.8, 4) is 0 Å². The number of carbonyl (C=O) groups is 1. The van der Waals surface area contributed by atoms with Crippen LogP contribution in [0, 0.1) is 0 Å². The van der Waals surface area contributed by atoms with Gasteiger partial charge < -0.3 is 15.0 Å². The van der Waals surface area contributed by atoms with Gasteiger partial charge in [-0.25, -0.2) is 0 Å². The maximum absolute atomic E-state index is 12.3. The van der Waals surface area contributed by atoms with Gasteiger partial charge in [-0.2, -0.15) is 0 Å². The predicted octanol–water partition coefficient (Wildman–Crippen LogP) is 1.09. The van der Waals surface area contributed by atoms with E-state index in [-0.39, 0.29) is 11.9 Å². The second-order valence-corrected chi connectivity index (χ2v) is 6.02. The molecule has 2 aliphatic rings. The van der Waals surface area contributed by atoms with E-state index in [1.165, 1.54) is 0 Å². The van der Waals surface area contributed by atoms with Crippen molar-refractivity contribution in [3.05, 3.63) is 0 Å². The van der Waals surface area contributed by atoms with Crippen LogP contribution < -0.4 is 5.32 Å². The molecule has 0 radical (unpaired) electrons. The van der Waals surface area contributed by atoms with Crippen LogP contribution in [0.15, 0.2) is 4.99 Å². The summed E-state index contributed by atoms with van der Waals surface area (Å²) in [4.78, 5) is 18.8. The lowest BCUT2D eigenvalue weighted by Gasteiger charge is -2.30. The van der Waals surface area contributed by atoms with Crippen LogP contribution in [0.5, 0.6) is 0 Å². The second kappa shape index (κ2) is 7.14. The molecule has 1 amide bonds. The number of carbonyl (C=O) groups excluding carboxylic acids is 1. The standard InChI is InChI=1S/C13H23N3O2S/c1-3-11-4-9-19-13(15-11)14-10(2)12(17)16-5-7-18-8-6-16/h10-11H,3-9H2,1-2H3,(H,14,15). The Morgan fingerprint density at radius 2 is 2.32 bits per heavy atom. The molecule has 2 atom stereocenters. The van der Waals surface area contributed by atoms with Crippen LogP contribution in [0.4, 0.5) is 0 Å². The van der Waals surface area contributed by atoms with Gasteiger partial charge in [-0.3, -0.25) is 9.79 Å². The lowest BCUT2D eigenvalue weighted by molar-refractivity contribution is -0.136. The number of thioether (sulfide) groups is 1. The highest BCUT2D eigenvalue weighted by atomic mass is 32.2. The number of nitrogens with one attached hydrogen (secondary N) is 1. The summed E-state index contributed by atoms with van der Waals surface area (Å²) >= 11 is 1.72. The normalized spacial score (nSPS) is 25.7. The number of amides is 1. The SMILES string of the molecule is CCC1CCSC(NC(C)C(=O)N2CCOCC2)=N1. The van der Waals surface area contributed by atoms with Crippen LogP contribution >= 0.6 is 11.8 Å². The molecule has 2 heterocycles. The molecule has 2 unspecified atom stereocenters. The number of aliphatic imine (C=N–C) groups is 1. The van der Waals surface area contributed by atoms with E-state index < -0.39 is 0 Å². The first kappa shape index (κ1) is 14.7. The van der Waals surface area contributed by atoms with E-state index in [9.17, 15) is 4.79 Å². The fourth-order valence-corrected chi connectivity index (χ4v) is 3.31. The molecule has 2 aliphatic heterocycles. The van der Waals surface area contributed by atoms with Gasteiger partial charge in [-0.1, -0.05) is 18.7 Å². The molecule has 6 heteroatoms. The first-order valence-electron chi connectivity index (χ1n) is 7.04. The van der Waals surface area contributed by atoms with Crippen LogP contribution in [0.1, 0.15) is 26.7 Å². The van der Waals surface area contributed by atoms with Crippen LogP contribution in [0.25, 0.3) is 0 Å². The molecule has 1 N–H and O–H groups in total. The van der Waals surface area contributed by atoms with Crippen LogP contribution in [0.2, 0.25) is 0 Å². The van der Waals surface area contributed by atoms with E-state index in [2.05, 4.69) is 17.2 Å². The Bertz CT molecular complexity index is 343. The van der Waals surface area contributed by atoms with Gasteiger partial charge in [0.15, 0.2) is 5.17 Å². The number of ether oxygens (including phenoxy) is 1. The van der Waals surface area contributed by atoms with E-state index in [4.69, 9.17) is 4.74 Å². The molecule has 0 aromatic heterocycles. The average Bonchev–Trinajstić information content (AvgIpc) is 2.47. The third-order valence-electron chi connectivity index (χ3n) is 3.49. The summed E-state index contributed by atoms with van der Waals surface area (Å²) in [6, 6.07) is 0.203. The van der Waals surface area contributed by atoms with Gasteiger partial charge in [0.2, 0.25) is 5.91 Å². The largest absolute Gasteiger partial charge is 0.378 e. The summed E-state index contributed by atoms with van der Waals surface area (Å²) in [5.74, 6) is 1.23. The number of rotatable bonds is 3. The molecule has 0 aromatic rings. The monoisotopic (exact) mass is 285 g/mol. The van der Waals surface area contributed by atoms with E-state index in [1.54, 1.807) is 11.8 Å². The van der Waals surface area contributed by atoms with Gasteiger partial charge in [0.05, 0.1) is 19.3 Å². The number of amidine groups is 1. The van der Waals surface area contributed by atoms with Gasteiger partial charge in [-0.05, 0) is 19.8 Å². The van der Waals surface area contributed by atoms with Gasteiger partial charge in [-0.15, -0.1) is 0 Å². The van der Waals surface area contributed by atoms with E-state index in [0.29, 0.717) is 32.3 Å². The fraction of sp³-hybridized carbons (Fsp3) is 0.846. The van der Waals surface area contributed by atoms with E-state index >= 15 is 0 Å². The van der Waals surface area contributed by atoms with Crippen molar-refractivity contribution in [1.82, 2.24) is 10.2 Å². The molecule has 0 aliphatic carbocycles. The molecule has 0 saturated carbocycles. The van der Waals surface area contributed by atoms with E-state index in [0.717, 1.165) is 23.8 Å². The molecule has 1 fully saturated rings. The minimum Gasteiger partial charge on any atom is -0.378 e. The van der Waals surface area contributed by atoms with Gasteiger partial charge in [0.1, 0.15) is 6.04 Å². The summed E-state index contributed by atoms with van der Waals surface area (Å²) < 4.78 is 5.27. The molecule has 2 rings (SSSR count). The molecule has 19 heavy (non-hydrogen) atoms. The van der Waals surface area contributed by atoms with Crippen molar-refractivity contribution < 1.29 is 9.53 Å². The smallest absolute Gasteiger partial charge is 0.244 e. The Balaban J connectivity index is 1.87. The molecular formula is C13H23N3O2S. The van der Waals surface area contributed by atoms with Crippen molar-refractivity contribution in [2.75, 3.05) is 32.1 Å². The summed E-state index contributed by atoms with van der Waals surface area (Å²) in [6.45, 7) is 6.75. The maximum atomic E-state index is 12.3. The summed E-state index contributed by atoms with van der Waals surface area (Å²) in [6.07, 6.45) is 2.20. The molecule has 5 nitrogen and oxygen atoms in total. The summed E-state index contributed by atoms with van der Waals surface area (Å²) in [5.41, 5.74) is 0. The lowest BCUT2D eigenvalue weighted by atomic mass is 10.2. The number of morpholine rings is 1. The average molecular weight is 285 g/mol. The zero-order valence-corrected chi connectivity index (χ0v) is 12.5. The van der Waals surface area contributed by atoms with Crippen molar-refractivity contribution >= 4 is 22.8 Å². The Hall–Kier alpha value is -0.750. The van der Waals surface area contributed by atoms with E-state index in [1.807, 2.05) is 11.8 Å². The number of hydrogen-bond acceptors (Lipinski definition) is 5. The minimum atomic E-state index is -0.208. The maximum Gasteiger partial charge on any atom is 0.244 e. The number of nitrogens with zero attached hydrogens (tertiary/aromatic N) is 2. The van der Waals surface area contributed by atoms with Crippen molar-refractivity contribution in [2.24, 2.45) is 4.99 Å². The molecule has 0 spiro atoms. The highest BCUT2D eigenvalue weighted by Gasteiger charge is 2.24. The van der Waals surface area contributed by atoms with Crippen LogP contribution in [-0.4, -0.2) is 60.1 Å². The Morgan fingerprint density at radius 1 is 1.58 bits per heavy atom. The zero-order chi connectivity index (χ0) is 13.7. The fourth-order valence-electron chi connectivity index (χ4n) is 2.24. The van der Waals surface area contributed by atoms with Crippen LogP contribution in [-0.2, 0) is 9.53 Å². The van der Waals surface area contributed by atoms with Crippen molar-refractivity contribution in [1.29, 1.82) is 0 Å². The van der Waals surface area contributed by atoms with Gasteiger partial charge in [0.25, 0.3) is 0 Å².